The number of carbonyl (C=O) groups is 1. The van der Waals surface area contributed by atoms with Crippen LogP contribution >= 0.6 is 0 Å². The molecule has 0 spiro atoms. The molecule has 3 nitrogen and oxygen atoms in total. The van der Waals surface area contributed by atoms with Gasteiger partial charge in [0.05, 0.1) is 12.2 Å². The van der Waals surface area contributed by atoms with E-state index < -0.39 is 0 Å². The number of nitrogens with one attached hydrogen (secondary N) is 1. The smallest absolute Gasteiger partial charge is 0.241 e. The quantitative estimate of drug-likeness (QED) is 0.767. The van der Waals surface area contributed by atoms with Crippen LogP contribution in [0.15, 0.2) is 0 Å². The lowest BCUT2D eigenvalue weighted by Crippen LogP contribution is -2.46. The Bertz CT molecular complexity index is 286. The van der Waals surface area contributed by atoms with Gasteiger partial charge in [0.2, 0.25) is 5.91 Å². The van der Waals surface area contributed by atoms with Gasteiger partial charge in [0.15, 0.2) is 0 Å². The first-order valence-corrected chi connectivity index (χ1v) is 8.05. The second-order valence-electron chi connectivity index (χ2n) is 6.26. The average molecular weight is 268 g/mol. The van der Waals surface area contributed by atoms with Gasteiger partial charge in [-0.05, 0) is 25.2 Å². The molecular weight excluding hydrogens is 236 g/mol. The summed E-state index contributed by atoms with van der Waals surface area (Å²) in [7, 11) is 0. The summed E-state index contributed by atoms with van der Waals surface area (Å²) in [4.78, 5) is 14.8. The first-order valence-electron chi connectivity index (χ1n) is 8.05. The van der Waals surface area contributed by atoms with E-state index >= 15 is 0 Å². The highest BCUT2D eigenvalue weighted by Crippen LogP contribution is 2.27. The van der Waals surface area contributed by atoms with Crippen molar-refractivity contribution in [1.82, 2.24) is 10.2 Å². The predicted molar refractivity (Wildman–Crippen MR) is 80.8 cm³/mol. The van der Waals surface area contributed by atoms with E-state index in [1.54, 1.807) is 0 Å². The minimum Gasteiger partial charge on any atom is -0.323 e. The van der Waals surface area contributed by atoms with Crippen LogP contribution in [0.2, 0.25) is 0 Å². The Labute approximate surface area is 119 Å². The second-order valence-corrected chi connectivity index (χ2v) is 6.26. The Morgan fingerprint density at radius 2 is 1.74 bits per heavy atom. The lowest BCUT2D eigenvalue weighted by Gasteiger charge is -2.35. The Balaban J connectivity index is 2.89. The van der Waals surface area contributed by atoms with Crippen LogP contribution in [0.3, 0.4) is 0 Å². The number of amides is 1. The second kappa shape index (κ2) is 7.28. The van der Waals surface area contributed by atoms with E-state index in [0.29, 0.717) is 23.8 Å². The molecular formula is C16H32N2O. The van der Waals surface area contributed by atoms with Crippen LogP contribution in [0.1, 0.15) is 67.2 Å². The summed E-state index contributed by atoms with van der Waals surface area (Å²) >= 11 is 0. The van der Waals surface area contributed by atoms with Gasteiger partial charge >= 0.3 is 0 Å². The van der Waals surface area contributed by atoms with E-state index in [0.717, 1.165) is 25.7 Å². The third kappa shape index (κ3) is 3.50. The van der Waals surface area contributed by atoms with Gasteiger partial charge in [-0.3, -0.25) is 10.1 Å². The fourth-order valence-corrected chi connectivity index (χ4v) is 3.33. The van der Waals surface area contributed by atoms with Gasteiger partial charge in [0.25, 0.3) is 0 Å². The summed E-state index contributed by atoms with van der Waals surface area (Å²) in [6, 6.07) is 0.351. The van der Waals surface area contributed by atoms with Gasteiger partial charge in [-0.1, -0.05) is 53.9 Å². The highest BCUT2D eigenvalue weighted by molar-refractivity contribution is 5.84. The van der Waals surface area contributed by atoms with Gasteiger partial charge in [-0.2, -0.15) is 0 Å². The van der Waals surface area contributed by atoms with E-state index in [4.69, 9.17) is 0 Å². The van der Waals surface area contributed by atoms with Gasteiger partial charge < -0.3 is 4.90 Å². The molecule has 0 aromatic carbocycles. The third-order valence-corrected chi connectivity index (χ3v) is 4.63. The van der Waals surface area contributed by atoms with E-state index in [9.17, 15) is 4.79 Å². The van der Waals surface area contributed by atoms with Gasteiger partial charge in [-0.25, -0.2) is 0 Å². The van der Waals surface area contributed by atoms with Gasteiger partial charge in [-0.15, -0.1) is 0 Å². The number of rotatable bonds is 7. The maximum absolute atomic E-state index is 12.7. The van der Waals surface area contributed by atoms with Crippen molar-refractivity contribution in [3.05, 3.63) is 0 Å². The van der Waals surface area contributed by atoms with E-state index in [2.05, 4.69) is 51.8 Å². The Kier molecular flexibility index (Phi) is 6.31. The highest BCUT2D eigenvalue weighted by atomic mass is 16.2. The Hall–Kier alpha value is -0.570. The third-order valence-electron chi connectivity index (χ3n) is 4.63. The maximum Gasteiger partial charge on any atom is 0.241 e. The molecule has 1 rings (SSSR count). The van der Waals surface area contributed by atoms with Crippen LogP contribution in [-0.2, 0) is 4.79 Å². The number of hydrogen-bond donors (Lipinski definition) is 1. The largest absolute Gasteiger partial charge is 0.323 e. The number of nitrogens with zero attached hydrogens (tertiary/aromatic N) is 1. The molecule has 1 saturated heterocycles. The van der Waals surface area contributed by atoms with E-state index in [-0.39, 0.29) is 12.2 Å². The zero-order chi connectivity index (χ0) is 14.6. The van der Waals surface area contributed by atoms with Crippen molar-refractivity contribution in [3.8, 4) is 0 Å². The van der Waals surface area contributed by atoms with Crippen molar-refractivity contribution in [3.63, 3.8) is 0 Å². The molecule has 1 aliphatic rings. The van der Waals surface area contributed by atoms with Crippen LogP contribution in [0.4, 0.5) is 0 Å². The monoisotopic (exact) mass is 268 g/mol. The van der Waals surface area contributed by atoms with E-state index in [1.165, 1.54) is 0 Å². The molecule has 112 valence electrons. The molecule has 1 aliphatic heterocycles. The van der Waals surface area contributed by atoms with Crippen molar-refractivity contribution in [2.75, 3.05) is 0 Å². The molecule has 1 fully saturated rings. The zero-order valence-corrected chi connectivity index (χ0v) is 13.6. The highest BCUT2D eigenvalue weighted by Gasteiger charge is 2.43. The molecule has 0 saturated carbocycles. The topological polar surface area (TPSA) is 32.3 Å². The van der Waals surface area contributed by atoms with Crippen molar-refractivity contribution in [1.29, 1.82) is 0 Å². The van der Waals surface area contributed by atoms with Crippen LogP contribution in [0.25, 0.3) is 0 Å². The summed E-state index contributed by atoms with van der Waals surface area (Å²) < 4.78 is 0. The number of hydrogen-bond acceptors (Lipinski definition) is 2. The average Bonchev–Trinajstić information content (AvgIpc) is 2.68. The van der Waals surface area contributed by atoms with Crippen molar-refractivity contribution < 1.29 is 4.79 Å². The van der Waals surface area contributed by atoms with Crippen molar-refractivity contribution >= 4 is 5.91 Å². The van der Waals surface area contributed by atoms with Crippen LogP contribution < -0.4 is 5.32 Å². The summed E-state index contributed by atoms with van der Waals surface area (Å²) in [5.74, 6) is 1.29. The number of carbonyl (C=O) groups excluding carboxylic acids is 1. The molecule has 3 atom stereocenters. The normalized spacial score (nSPS) is 25.7. The van der Waals surface area contributed by atoms with Gasteiger partial charge in [0.1, 0.15) is 0 Å². The first kappa shape index (κ1) is 16.5. The van der Waals surface area contributed by atoms with Gasteiger partial charge in [0, 0.05) is 6.04 Å². The summed E-state index contributed by atoms with van der Waals surface area (Å²) in [5.41, 5.74) is 0. The van der Waals surface area contributed by atoms with Crippen LogP contribution in [0, 0.1) is 11.8 Å². The minimum absolute atomic E-state index is 0.00774. The molecule has 0 aliphatic carbocycles. The lowest BCUT2D eigenvalue weighted by atomic mass is 9.93. The molecule has 1 N–H and O–H groups in total. The zero-order valence-electron chi connectivity index (χ0n) is 13.6. The molecule has 1 heterocycles. The van der Waals surface area contributed by atoms with Crippen LogP contribution in [-0.4, -0.2) is 29.1 Å². The SMILES string of the molecule is CCCC1NC(C(C)C)C(=O)N1C(C)C(CC)CC. The van der Waals surface area contributed by atoms with Crippen molar-refractivity contribution in [2.24, 2.45) is 11.8 Å². The minimum atomic E-state index is 0.00774. The lowest BCUT2D eigenvalue weighted by molar-refractivity contribution is -0.133. The Morgan fingerprint density at radius 1 is 1.16 bits per heavy atom. The Morgan fingerprint density at radius 3 is 2.16 bits per heavy atom. The first-order chi connectivity index (χ1) is 8.97. The maximum atomic E-state index is 12.7. The molecule has 0 aromatic rings. The molecule has 1 amide bonds. The fourth-order valence-electron chi connectivity index (χ4n) is 3.33. The summed E-state index contributed by atoms with van der Waals surface area (Å²) in [6.07, 6.45) is 4.70. The van der Waals surface area contributed by atoms with Crippen molar-refractivity contribution in [2.45, 2.75) is 85.5 Å². The summed E-state index contributed by atoms with van der Waals surface area (Å²) in [6.45, 7) is 13.1. The van der Waals surface area contributed by atoms with Crippen LogP contribution in [0.5, 0.6) is 0 Å². The molecule has 0 bridgehead atoms. The molecule has 3 unspecified atom stereocenters. The molecule has 0 aromatic heterocycles. The predicted octanol–water partition coefficient (Wildman–Crippen LogP) is 3.39. The van der Waals surface area contributed by atoms with E-state index in [1.807, 2.05) is 0 Å². The fraction of sp³-hybridized carbons (Fsp3) is 0.938. The standard InChI is InChI=1S/C16H32N2O/c1-7-10-14-17-15(11(4)5)16(19)18(14)12(6)13(8-2)9-3/h11-15,17H,7-10H2,1-6H3. The molecule has 0 radical (unpaired) electrons. The summed E-state index contributed by atoms with van der Waals surface area (Å²) in [5, 5.41) is 3.55. The molecule has 19 heavy (non-hydrogen) atoms. The molecule has 3 heteroatoms.